The van der Waals surface area contributed by atoms with Gasteiger partial charge in [-0.1, -0.05) is 44.0 Å². The predicted molar refractivity (Wildman–Crippen MR) is 121 cm³/mol. The van der Waals surface area contributed by atoms with Crippen molar-refractivity contribution in [2.75, 3.05) is 11.5 Å². The van der Waals surface area contributed by atoms with E-state index in [9.17, 15) is 9.59 Å². The first kappa shape index (κ1) is 23.7. The van der Waals surface area contributed by atoms with Crippen molar-refractivity contribution in [3.63, 3.8) is 0 Å². The minimum Gasteiger partial charge on any atom is -0.447 e. The molecule has 0 fully saturated rings. The fourth-order valence-electron chi connectivity index (χ4n) is 2.80. The number of carbonyl (C=O) groups excluding carboxylic acids is 2. The van der Waals surface area contributed by atoms with Crippen molar-refractivity contribution in [2.24, 2.45) is 0 Å². The van der Waals surface area contributed by atoms with E-state index >= 15 is 0 Å². The Hall–Kier alpha value is -2.54. The third-order valence-electron chi connectivity index (χ3n) is 4.22. The molecule has 0 radical (unpaired) electrons. The molecule has 2 amide bonds. The maximum absolute atomic E-state index is 12.9. The fraction of sp³-hybridized carbons (Fsp3) is 0.478. The Kier molecular flexibility index (Phi) is 9.17. The number of nitrogens with zero attached hydrogens (tertiary/aromatic N) is 1. The zero-order valence-electron chi connectivity index (χ0n) is 18.2. The van der Waals surface area contributed by atoms with Gasteiger partial charge in [-0.05, 0) is 50.8 Å². The average Bonchev–Trinajstić information content (AvgIpc) is 3.20. The Bertz CT molecular complexity index is 772. The van der Waals surface area contributed by atoms with Crippen LogP contribution < -0.4 is 10.2 Å². The summed E-state index contributed by atoms with van der Waals surface area (Å²) in [6, 6.07) is 13.1. The van der Waals surface area contributed by atoms with Gasteiger partial charge in [-0.15, -0.1) is 11.3 Å². The van der Waals surface area contributed by atoms with E-state index in [-0.39, 0.29) is 12.6 Å². The molecular formula is C23H32N2O4S. The van der Waals surface area contributed by atoms with E-state index in [1.165, 1.54) is 0 Å². The Morgan fingerprint density at radius 2 is 1.87 bits per heavy atom. The summed E-state index contributed by atoms with van der Waals surface area (Å²) in [6.07, 6.45) is 1.66. The van der Waals surface area contributed by atoms with E-state index in [0.29, 0.717) is 13.0 Å². The molecule has 0 unspecified atom stereocenters. The molecule has 1 aromatic carbocycles. The number of benzene rings is 1. The molecule has 7 heteroatoms. The van der Waals surface area contributed by atoms with Crippen molar-refractivity contribution in [1.82, 2.24) is 5.32 Å². The highest BCUT2D eigenvalue weighted by atomic mass is 32.1. The molecule has 0 aliphatic heterocycles. The van der Waals surface area contributed by atoms with Gasteiger partial charge in [-0.2, -0.15) is 0 Å². The van der Waals surface area contributed by atoms with Gasteiger partial charge < -0.3 is 14.8 Å². The van der Waals surface area contributed by atoms with Crippen LogP contribution >= 0.6 is 11.3 Å². The van der Waals surface area contributed by atoms with Gasteiger partial charge in [0, 0.05) is 10.6 Å². The predicted octanol–water partition coefficient (Wildman–Crippen LogP) is 5.97. The lowest BCUT2D eigenvalue weighted by Gasteiger charge is -2.25. The number of carbonyl (C=O) groups is 2. The maximum Gasteiger partial charge on any atom is 0.414 e. The number of alkyl carbamates (subject to hydrolysis) is 1. The summed E-state index contributed by atoms with van der Waals surface area (Å²) in [5, 5.41) is 4.81. The quantitative estimate of drug-likeness (QED) is 0.530. The number of amides is 2. The van der Waals surface area contributed by atoms with Crippen molar-refractivity contribution in [2.45, 2.75) is 65.1 Å². The lowest BCUT2D eigenvalue weighted by Crippen LogP contribution is -2.43. The molecular weight excluding hydrogens is 400 g/mol. The van der Waals surface area contributed by atoms with Gasteiger partial charge in [-0.25, -0.2) is 9.59 Å². The summed E-state index contributed by atoms with van der Waals surface area (Å²) in [7, 11) is 0. The Morgan fingerprint density at radius 3 is 2.47 bits per heavy atom. The lowest BCUT2D eigenvalue weighted by atomic mass is 10.1. The van der Waals surface area contributed by atoms with Gasteiger partial charge in [0.2, 0.25) is 0 Å². The van der Waals surface area contributed by atoms with Gasteiger partial charge in [0.05, 0.1) is 12.6 Å². The SMILES string of the molecule is CCCC[C@H](COC(=O)N(Cc1cccs1)c1ccccc1)NC(=O)OC(C)(C)C. The molecule has 2 rings (SSSR count). The number of hydrogen-bond acceptors (Lipinski definition) is 5. The number of ether oxygens (including phenoxy) is 2. The highest BCUT2D eigenvalue weighted by molar-refractivity contribution is 7.09. The van der Waals surface area contributed by atoms with Crippen molar-refractivity contribution < 1.29 is 19.1 Å². The molecule has 0 spiro atoms. The lowest BCUT2D eigenvalue weighted by molar-refractivity contribution is 0.0468. The molecule has 1 aromatic heterocycles. The molecule has 1 atom stereocenters. The second-order valence-corrected chi connectivity index (χ2v) is 9.10. The number of rotatable bonds is 9. The van der Waals surface area contributed by atoms with E-state index < -0.39 is 17.8 Å². The summed E-state index contributed by atoms with van der Waals surface area (Å²) >= 11 is 1.59. The van der Waals surface area contributed by atoms with Crippen LogP contribution in [0.4, 0.5) is 15.3 Å². The molecule has 164 valence electrons. The van der Waals surface area contributed by atoms with Gasteiger partial charge in [-0.3, -0.25) is 4.90 Å². The number of para-hydroxylation sites is 1. The first-order valence-corrected chi connectivity index (χ1v) is 11.2. The number of nitrogens with one attached hydrogen (secondary N) is 1. The molecule has 0 aliphatic carbocycles. The van der Waals surface area contributed by atoms with Crippen LogP contribution in [0.5, 0.6) is 0 Å². The highest BCUT2D eigenvalue weighted by Gasteiger charge is 2.23. The van der Waals surface area contributed by atoms with E-state index in [2.05, 4.69) is 12.2 Å². The van der Waals surface area contributed by atoms with E-state index in [1.54, 1.807) is 16.2 Å². The monoisotopic (exact) mass is 432 g/mol. The smallest absolute Gasteiger partial charge is 0.414 e. The van der Waals surface area contributed by atoms with Gasteiger partial charge in [0.1, 0.15) is 12.2 Å². The summed E-state index contributed by atoms with van der Waals surface area (Å²) < 4.78 is 11.0. The zero-order chi connectivity index (χ0) is 22.0. The standard InChI is InChI=1S/C23H32N2O4S/c1-5-6-11-18(24-21(26)29-23(2,3)4)17-28-22(27)25(16-20-14-10-15-30-20)19-12-8-7-9-13-19/h7-10,12-15,18H,5-6,11,16-17H2,1-4H3,(H,24,26)/t18-/m1/s1. The summed E-state index contributed by atoms with van der Waals surface area (Å²) in [6.45, 7) is 8.04. The second kappa shape index (κ2) is 11.6. The minimum absolute atomic E-state index is 0.0891. The topological polar surface area (TPSA) is 67.9 Å². The van der Waals surface area contributed by atoms with Crippen LogP contribution in [0.3, 0.4) is 0 Å². The van der Waals surface area contributed by atoms with Crippen LogP contribution in [0.1, 0.15) is 51.8 Å². The van der Waals surface area contributed by atoms with Crippen molar-refractivity contribution in [3.8, 4) is 0 Å². The third-order valence-corrected chi connectivity index (χ3v) is 5.08. The summed E-state index contributed by atoms with van der Waals surface area (Å²) in [5.41, 5.74) is 0.182. The molecule has 1 N–H and O–H groups in total. The average molecular weight is 433 g/mol. The Labute approximate surface area is 183 Å². The molecule has 0 saturated heterocycles. The van der Waals surface area contributed by atoms with Crippen molar-refractivity contribution >= 4 is 29.2 Å². The first-order valence-electron chi connectivity index (χ1n) is 10.3. The third kappa shape index (κ3) is 8.45. The summed E-state index contributed by atoms with van der Waals surface area (Å²) in [5.74, 6) is 0. The molecule has 6 nitrogen and oxygen atoms in total. The fourth-order valence-corrected chi connectivity index (χ4v) is 3.49. The number of unbranched alkanes of at least 4 members (excludes halogenated alkanes) is 1. The number of thiophene rings is 1. The Balaban J connectivity index is 2.03. The van der Waals surface area contributed by atoms with Gasteiger partial charge in [0.25, 0.3) is 0 Å². The molecule has 0 bridgehead atoms. The van der Waals surface area contributed by atoms with Crippen LogP contribution in [-0.2, 0) is 16.0 Å². The first-order chi connectivity index (χ1) is 14.3. The van der Waals surface area contributed by atoms with E-state index in [1.807, 2.05) is 68.6 Å². The number of hydrogen-bond donors (Lipinski definition) is 1. The largest absolute Gasteiger partial charge is 0.447 e. The van der Waals surface area contributed by atoms with Crippen LogP contribution in [0.15, 0.2) is 47.8 Å². The second-order valence-electron chi connectivity index (χ2n) is 8.06. The van der Waals surface area contributed by atoms with Crippen molar-refractivity contribution in [1.29, 1.82) is 0 Å². The van der Waals surface area contributed by atoms with Gasteiger partial charge >= 0.3 is 12.2 Å². The molecule has 30 heavy (non-hydrogen) atoms. The molecule has 0 aliphatic rings. The zero-order valence-corrected chi connectivity index (χ0v) is 19.0. The molecule has 1 heterocycles. The molecule has 2 aromatic rings. The summed E-state index contributed by atoms with van der Waals surface area (Å²) in [4.78, 5) is 27.8. The number of anilines is 1. The minimum atomic E-state index is -0.582. The normalized spacial score (nSPS) is 12.1. The van der Waals surface area contributed by atoms with Crippen LogP contribution in [0.2, 0.25) is 0 Å². The van der Waals surface area contributed by atoms with Crippen LogP contribution in [0, 0.1) is 0 Å². The van der Waals surface area contributed by atoms with Crippen LogP contribution in [0.25, 0.3) is 0 Å². The van der Waals surface area contributed by atoms with E-state index in [4.69, 9.17) is 9.47 Å². The van der Waals surface area contributed by atoms with Crippen molar-refractivity contribution in [3.05, 3.63) is 52.7 Å². The maximum atomic E-state index is 12.9. The Morgan fingerprint density at radius 1 is 1.13 bits per heavy atom. The van der Waals surface area contributed by atoms with E-state index in [0.717, 1.165) is 23.4 Å². The molecule has 0 saturated carbocycles. The highest BCUT2D eigenvalue weighted by Crippen LogP contribution is 2.20. The van der Waals surface area contributed by atoms with Crippen LogP contribution in [-0.4, -0.2) is 30.4 Å². The van der Waals surface area contributed by atoms with Gasteiger partial charge in [0.15, 0.2) is 0 Å².